The van der Waals surface area contributed by atoms with Crippen molar-refractivity contribution in [3.63, 3.8) is 0 Å². The van der Waals surface area contributed by atoms with Crippen molar-refractivity contribution in [2.24, 2.45) is 0 Å². The highest BCUT2D eigenvalue weighted by Crippen LogP contribution is 2.29. The maximum absolute atomic E-state index is 13.7. The molecule has 2 rings (SSSR count). The van der Waals surface area contributed by atoms with Gasteiger partial charge >= 0.3 is 5.97 Å². The molecule has 2 N–H and O–H groups in total. The Hall–Kier alpha value is -2.37. The average Bonchev–Trinajstić information content (AvgIpc) is 2.41. The highest BCUT2D eigenvalue weighted by molar-refractivity contribution is 6.04. The Bertz CT molecular complexity index is 658. The number of anilines is 1. The first-order valence-electron chi connectivity index (χ1n) is 6.26. The molecule has 0 aliphatic carbocycles. The quantitative estimate of drug-likeness (QED) is 0.870. The van der Waals surface area contributed by atoms with Gasteiger partial charge in [-0.05, 0) is 19.9 Å². The Morgan fingerprint density at radius 2 is 2.10 bits per heavy atom. The molecule has 0 fully saturated rings. The number of hydrogen-bond donors (Lipinski definition) is 1. The highest BCUT2D eigenvalue weighted by Gasteiger charge is 2.16. The number of carbonyl (C=O) groups excluding carboxylic acids is 1. The van der Waals surface area contributed by atoms with E-state index in [0.717, 1.165) is 0 Å². The monoisotopic (exact) mass is 278 g/mol. The Kier molecular flexibility index (Phi) is 4.02. The van der Waals surface area contributed by atoms with Crippen LogP contribution in [-0.4, -0.2) is 24.2 Å². The van der Waals surface area contributed by atoms with Gasteiger partial charge in [-0.25, -0.2) is 9.18 Å². The van der Waals surface area contributed by atoms with Crippen LogP contribution in [0.25, 0.3) is 10.9 Å². The van der Waals surface area contributed by atoms with Crippen LogP contribution < -0.4 is 10.5 Å². The molecule has 1 heterocycles. The van der Waals surface area contributed by atoms with Gasteiger partial charge in [-0.2, -0.15) is 0 Å². The number of hydrogen-bond acceptors (Lipinski definition) is 5. The number of halogens is 1. The Balaban J connectivity index is 2.59. The van der Waals surface area contributed by atoms with Gasteiger partial charge in [-0.3, -0.25) is 4.98 Å². The van der Waals surface area contributed by atoms with Crippen LogP contribution in [0.5, 0.6) is 5.75 Å². The standard InChI is InChI=1S/C14H15FN2O3/c1-3-19-12-5-8-11(6-10(12)15)17-7-9(13(8)16)14(18)20-4-2/h5-7H,3-4H2,1-2H3,(H2,16,17). The first kappa shape index (κ1) is 14.0. The van der Waals surface area contributed by atoms with Crippen molar-refractivity contribution in [3.8, 4) is 5.75 Å². The maximum atomic E-state index is 13.7. The van der Waals surface area contributed by atoms with Gasteiger partial charge in [0.25, 0.3) is 0 Å². The summed E-state index contributed by atoms with van der Waals surface area (Å²) >= 11 is 0. The minimum atomic E-state index is -0.554. The van der Waals surface area contributed by atoms with E-state index in [1.807, 2.05) is 0 Å². The number of aromatic nitrogens is 1. The lowest BCUT2D eigenvalue weighted by molar-refractivity contribution is 0.0527. The SMILES string of the molecule is CCOC(=O)c1cnc2cc(F)c(OCC)cc2c1N. The zero-order valence-electron chi connectivity index (χ0n) is 11.3. The number of carbonyl (C=O) groups is 1. The van der Waals surface area contributed by atoms with Crippen molar-refractivity contribution in [2.45, 2.75) is 13.8 Å². The summed E-state index contributed by atoms with van der Waals surface area (Å²) in [5.74, 6) is -0.994. The molecule has 0 radical (unpaired) electrons. The fourth-order valence-corrected chi connectivity index (χ4v) is 1.85. The molecular weight excluding hydrogens is 263 g/mol. The van der Waals surface area contributed by atoms with Crippen LogP contribution in [0.1, 0.15) is 24.2 Å². The lowest BCUT2D eigenvalue weighted by Crippen LogP contribution is -2.09. The summed E-state index contributed by atoms with van der Waals surface area (Å²) in [6.07, 6.45) is 1.29. The number of benzene rings is 1. The highest BCUT2D eigenvalue weighted by atomic mass is 19.1. The van der Waals surface area contributed by atoms with Crippen LogP contribution in [0.2, 0.25) is 0 Å². The molecule has 0 aliphatic heterocycles. The molecule has 106 valence electrons. The van der Waals surface area contributed by atoms with Crippen LogP contribution in [0.3, 0.4) is 0 Å². The van der Waals surface area contributed by atoms with E-state index in [9.17, 15) is 9.18 Å². The summed E-state index contributed by atoms with van der Waals surface area (Å²) in [5.41, 5.74) is 6.67. The molecule has 0 amide bonds. The van der Waals surface area contributed by atoms with Gasteiger partial charge in [-0.1, -0.05) is 0 Å². The normalized spacial score (nSPS) is 10.6. The van der Waals surface area contributed by atoms with Gasteiger partial charge in [0.1, 0.15) is 5.56 Å². The molecule has 5 nitrogen and oxygen atoms in total. The van der Waals surface area contributed by atoms with Crippen LogP contribution in [0.15, 0.2) is 18.3 Å². The lowest BCUT2D eigenvalue weighted by Gasteiger charge is -2.10. The number of nitrogens with two attached hydrogens (primary N) is 1. The van der Waals surface area contributed by atoms with Gasteiger partial charge in [0.2, 0.25) is 0 Å². The molecule has 0 saturated heterocycles. The smallest absolute Gasteiger partial charge is 0.341 e. The predicted molar refractivity (Wildman–Crippen MR) is 73.2 cm³/mol. The number of rotatable bonds is 4. The predicted octanol–water partition coefficient (Wildman–Crippen LogP) is 2.53. The Morgan fingerprint density at radius 1 is 1.35 bits per heavy atom. The molecule has 6 heteroatoms. The van der Waals surface area contributed by atoms with E-state index in [2.05, 4.69) is 4.98 Å². The van der Waals surface area contributed by atoms with E-state index in [1.54, 1.807) is 13.8 Å². The Labute approximate surface area is 115 Å². The molecule has 2 aromatic rings. The van der Waals surface area contributed by atoms with Gasteiger partial charge in [0.15, 0.2) is 11.6 Å². The van der Waals surface area contributed by atoms with E-state index in [0.29, 0.717) is 17.5 Å². The average molecular weight is 278 g/mol. The third kappa shape index (κ3) is 2.49. The fraction of sp³-hybridized carbons (Fsp3) is 0.286. The van der Waals surface area contributed by atoms with E-state index < -0.39 is 11.8 Å². The van der Waals surface area contributed by atoms with Crippen LogP contribution >= 0.6 is 0 Å². The second-order valence-electron chi connectivity index (χ2n) is 4.04. The molecule has 0 aliphatic rings. The number of pyridine rings is 1. The summed E-state index contributed by atoms with van der Waals surface area (Å²) in [7, 11) is 0. The summed E-state index contributed by atoms with van der Waals surface area (Å²) < 4.78 is 23.8. The van der Waals surface area contributed by atoms with Crippen LogP contribution in [0.4, 0.5) is 10.1 Å². The molecule has 0 unspecified atom stereocenters. The maximum Gasteiger partial charge on any atom is 0.341 e. The van der Waals surface area contributed by atoms with Crippen molar-refractivity contribution in [2.75, 3.05) is 18.9 Å². The van der Waals surface area contributed by atoms with Gasteiger partial charge in [0, 0.05) is 17.6 Å². The fourth-order valence-electron chi connectivity index (χ4n) is 1.85. The lowest BCUT2D eigenvalue weighted by atomic mass is 10.1. The van der Waals surface area contributed by atoms with E-state index >= 15 is 0 Å². The zero-order valence-corrected chi connectivity index (χ0v) is 11.3. The van der Waals surface area contributed by atoms with E-state index in [-0.39, 0.29) is 23.6 Å². The molecule has 20 heavy (non-hydrogen) atoms. The van der Waals surface area contributed by atoms with Gasteiger partial charge in [-0.15, -0.1) is 0 Å². The summed E-state index contributed by atoms with van der Waals surface area (Å²) in [6, 6.07) is 2.67. The first-order chi connectivity index (χ1) is 9.58. The van der Waals surface area contributed by atoms with Gasteiger partial charge < -0.3 is 15.2 Å². The van der Waals surface area contributed by atoms with E-state index in [4.69, 9.17) is 15.2 Å². The Morgan fingerprint density at radius 3 is 2.75 bits per heavy atom. The topological polar surface area (TPSA) is 74.4 Å². The molecule has 1 aromatic heterocycles. The van der Waals surface area contributed by atoms with Crippen molar-refractivity contribution >= 4 is 22.6 Å². The third-order valence-corrected chi connectivity index (χ3v) is 2.76. The zero-order chi connectivity index (χ0) is 14.7. The molecular formula is C14H15FN2O3. The molecule has 1 aromatic carbocycles. The molecule has 0 saturated carbocycles. The van der Waals surface area contributed by atoms with Crippen molar-refractivity contribution in [3.05, 3.63) is 29.7 Å². The van der Waals surface area contributed by atoms with Crippen molar-refractivity contribution in [1.82, 2.24) is 4.98 Å². The molecule has 0 spiro atoms. The molecule has 0 atom stereocenters. The van der Waals surface area contributed by atoms with Gasteiger partial charge in [0.05, 0.1) is 24.4 Å². The largest absolute Gasteiger partial charge is 0.491 e. The van der Waals surface area contributed by atoms with Crippen LogP contribution in [-0.2, 0) is 4.74 Å². The molecule has 0 bridgehead atoms. The van der Waals surface area contributed by atoms with Crippen LogP contribution in [0, 0.1) is 5.82 Å². The second-order valence-corrected chi connectivity index (χ2v) is 4.04. The number of nitrogen functional groups attached to an aromatic ring is 1. The number of fused-ring (bicyclic) bond motifs is 1. The first-order valence-corrected chi connectivity index (χ1v) is 6.26. The minimum absolute atomic E-state index is 0.0782. The summed E-state index contributed by atoms with van der Waals surface area (Å²) in [4.78, 5) is 15.8. The minimum Gasteiger partial charge on any atom is -0.491 e. The number of nitrogens with zero attached hydrogens (tertiary/aromatic N) is 1. The summed E-state index contributed by atoms with van der Waals surface area (Å²) in [6.45, 7) is 4.02. The van der Waals surface area contributed by atoms with Crippen molar-refractivity contribution in [1.29, 1.82) is 0 Å². The number of esters is 1. The third-order valence-electron chi connectivity index (χ3n) is 2.76. The summed E-state index contributed by atoms with van der Waals surface area (Å²) in [5, 5.41) is 0.459. The van der Waals surface area contributed by atoms with Crippen molar-refractivity contribution < 1.29 is 18.7 Å². The second kappa shape index (κ2) is 5.73. The van der Waals surface area contributed by atoms with E-state index in [1.165, 1.54) is 18.3 Å². The number of ether oxygens (including phenoxy) is 2.